The Morgan fingerprint density at radius 1 is 1.19 bits per heavy atom. The van der Waals surface area contributed by atoms with Crippen molar-refractivity contribution in [1.29, 1.82) is 0 Å². The van der Waals surface area contributed by atoms with Crippen LogP contribution in [0.25, 0.3) is 0 Å². The number of benzene rings is 1. The quantitative estimate of drug-likeness (QED) is 0.786. The van der Waals surface area contributed by atoms with Gasteiger partial charge in [0.05, 0.1) is 5.60 Å². The Morgan fingerprint density at radius 3 is 2.38 bits per heavy atom. The Kier molecular flexibility index (Phi) is 2.85. The van der Waals surface area contributed by atoms with Gasteiger partial charge >= 0.3 is 0 Å². The number of ketones is 1. The molecule has 1 aliphatic carbocycles. The highest BCUT2D eigenvalue weighted by Crippen LogP contribution is 2.37. The second kappa shape index (κ2) is 4.02. The number of rotatable bonds is 1. The molecule has 16 heavy (non-hydrogen) atoms. The molecule has 1 aromatic carbocycles. The van der Waals surface area contributed by atoms with Crippen molar-refractivity contribution in [2.45, 2.75) is 45.1 Å². The third-order valence-electron chi connectivity index (χ3n) is 3.52. The standard InChI is InChI=1S/C14H18O2/c1-10-3-4-13(11(2)9-10)14(16)7-5-12(15)6-8-14/h3-4,9,16H,5-8H2,1-2H3. The topological polar surface area (TPSA) is 37.3 Å². The molecule has 0 heterocycles. The lowest BCUT2D eigenvalue weighted by atomic mass is 9.77. The summed E-state index contributed by atoms with van der Waals surface area (Å²) >= 11 is 0. The van der Waals surface area contributed by atoms with E-state index in [9.17, 15) is 9.90 Å². The van der Waals surface area contributed by atoms with Gasteiger partial charge in [-0.25, -0.2) is 0 Å². The van der Waals surface area contributed by atoms with Crippen molar-refractivity contribution < 1.29 is 9.90 Å². The van der Waals surface area contributed by atoms with Crippen LogP contribution in [0, 0.1) is 13.8 Å². The predicted molar refractivity (Wildman–Crippen MR) is 63.3 cm³/mol. The molecule has 2 heteroatoms. The summed E-state index contributed by atoms with van der Waals surface area (Å²) in [7, 11) is 0. The minimum atomic E-state index is -0.786. The second-order valence-electron chi connectivity index (χ2n) is 4.89. The Balaban J connectivity index is 2.32. The van der Waals surface area contributed by atoms with Crippen LogP contribution < -0.4 is 0 Å². The van der Waals surface area contributed by atoms with Crippen molar-refractivity contribution in [3.63, 3.8) is 0 Å². The van der Waals surface area contributed by atoms with Gasteiger partial charge in [-0.15, -0.1) is 0 Å². The fourth-order valence-electron chi connectivity index (χ4n) is 2.55. The smallest absolute Gasteiger partial charge is 0.133 e. The van der Waals surface area contributed by atoms with E-state index in [4.69, 9.17) is 0 Å². The molecule has 1 N–H and O–H groups in total. The molecule has 2 rings (SSSR count). The maximum absolute atomic E-state index is 11.2. The number of hydrogen-bond donors (Lipinski definition) is 1. The molecular formula is C14H18O2. The highest BCUT2D eigenvalue weighted by Gasteiger charge is 2.34. The first-order valence-electron chi connectivity index (χ1n) is 5.83. The van der Waals surface area contributed by atoms with E-state index in [1.165, 1.54) is 5.56 Å². The van der Waals surface area contributed by atoms with Gasteiger partial charge in [0.15, 0.2) is 0 Å². The third kappa shape index (κ3) is 2.03. The van der Waals surface area contributed by atoms with Crippen LogP contribution in [0.1, 0.15) is 42.4 Å². The molecule has 0 saturated heterocycles. The molecule has 1 aliphatic rings. The molecule has 1 saturated carbocycles. The molecule has 2 nitrogen and oxygen atoms in total. The van der Waals surface area contributed by atoms with E-state index in [-0.39, 0.29) is 5.78 Å². The number of Topliss-reactive ketones (excluding diaryl/α,β-unsaturated/α-hetero) is 1. The van der Waals surface area contributed by atoms with Crippen LogP contribution in [0.5, 0.6) is 0 Å². The largest absolute Gasteiger partial charge is 0.385 e. The number of aryl methyl sites for hydroxylation is 2. The van der Waals surface area contributed by atoms with Crippen LogP contribution in [0.2, 0.25) is 0 Å². The first kappa shape index (κ1) is 11.3. The van der Waals surface area contributed by atoms with Gasteiger partial charge in [-0.05, 0) is 37.8 Å². The van der Waals surface area contributed by atoms with Crippen molar-refractivity contribution in [2.75, 3.05) is 0 Å². The molecule has 0 bridgehead atoms. The minimum Gasteiger partial charge on any atom is -0.385 e. The summed E-state index contributed by atoms with van der Waals surface area (Å²) in [6, 6.07) is 6.11. The Bertz CT molecular complexity index is 411. The third-order valence-corrected chi connectivity index (χ3v) is 3.52. The zero-order valence-corrected chi connectivity index (χ0v) is 9.92. The van der Waals surface area contributed by atoms with Crippen molar-refractivity contribution in [1.82, 2.24) is 0 Å². The van der Waals surface area contributed by atoms with E-state index in [1.807, 2.05) is 26.0 Å². The lowest BCUT2D eigenvalue weighted by molar-refractivity contribution is -0.125. The lowest BCUT2D eigenvalue weighted by Crippen LogP contribution is -2.32. The van der Waals surface area contributed by atoms with Gasteiger partial charge in [0.1, 0.15) is 5.78 Å². The van der Waals surface area contributed by atoms with Gasteiger partial charge in [0.25, 0.3) is 0 Å². The van der Waals surface area contributed by atoms with Gasteiger partial charge in [0.2, 0.25) is 0 Å². The fourth-order valence-corrected chi connectivity index (χ4v) is 2.55. The Hall–Kier alpha value is -1.15. The van der Waals surface area contributed by atoms with Crippen molar-refractivity contribution in [3.05, 3.63) is 34.9 Å². The molecule has 1 aromatic rings. The average Bonchev–Trinajstić information content (AvgIpc) is 2.22. The molecule has 0 amide bonds. The number of carbonyl (C=O) groups is 1. The van der Waals surface area contributed by atoms with Crippen LogP contribution in [-0.4, -0.2) is 10.9 Å². The first-order chi connectivity index (χ1) is 7.51. The van der Waals surface area contributed by atoms with Crippen LogP contribution in [-0.2, 0) is 10.4 Å². The van der Waals surface area contributed by atoms with E-state index < -0.39 is 5.60 Å². The van der Waals surface area contributed by atoms with Crippen LogP contribution in [0.3, 0.4) is 0 Å². The highest BCUT2D eigenvalue weighted by atomic mass is 16.3. The molecule has 0 unspecified atom stereocenters. The monoisotopic (exact) mass is 218 g/mol. The lowest BCUT2D eigenvalue weighted by Gasteiger charge is -2.33. The van der Waals surface area contributed by atoms with Crippen molar-refractivity contribution in [2.24, 2.45) is 0 Å². The normalized spacial score (nSPS) is 19.8. The molecule has 0 aliphatic heterocycles. The highest BCUT2D eigenvalue weighted by molar-refractivity contribution is 5.79. The van der Waals surface area contributed by atoms with E-state index in [0.717, 1.165) is 11.1 Å². The number of hydrogen-bond acceptors (Lipinski definition) is 2. The summed E-state index contributed by atoms with van der Waals surface area (Å²) in [6.45, 7) is 4.07. The minimum absolute atomic E-state index is 0.273. The van der Waals surface area contributed by atoms with Gasteiger partial charge < -0.3 is 5.11 Å². The van der Waals surface area contributed by atoms with Crippen molar-refractivity contribution >= 4 is 5.78 Å². The molecule has 0 radical (unpaired) electrons. The van der Waals surface area contributed by atoms with Gasteiger partial charge in [0, 0.05) is 12.8 Å². The summed E-state index contributed by atoms with van der Waals surface area (Å²) in [5.74, 6) is 0.273. The van der Waals surface area contributed by atoms with E-state index in [2.05, 4.69) is 6.07 Å². The van der Waals surface area contributed by atoms with Gasteiger partial charge in [-0.1, -0.05) is 23.8 Å². The zero-order valence-electron chi connectivity index (χ0n) is 9.92. The molecule has 86 valence electrons. The maximum atomic E-state index is 11.2. The molecule has 0 aromatic heterocycles. The van der Waals surface area contributed by atoms with E-state index >= 15 is 0 Å². The molecule has 0 spiro atoms. The molecule has 1 fully saturated rings. The van der Waals surface area contributed by atoms with Crippen LogP contribution in [0.15, 0.2) is 18.2 Å². The van der Waals surface area contributed by atoms with E-state index in [1.54, 1.807) is 0 Å². The van der Waals surface area contributed by atoms with Gasteiger partial charge in [-0.3, -0.25) is 4.79 Å². The summed E-state index contributed by atoms with van der Waals surface area (Å²) < 4.78 is 0. The van der Waals surface area contributed by atoms with Crippen molar-refractivity contribution in [3.8, 4) is 0 Å². The summed E-state index contributed by atoms with van der Waals surface area (Å²) in [4.78, 5) is 11.2. The first-order valence-corrected chi connectivity index (χ1v) is 5.83. The van der Waals surface area contributed by atoms with Gasteiger partial charge in [-0.2, -0.15) is 0 Å². The van der Waals surface area contributed by atoms with Crippen LogP contribution in [0.4, 0.5) is 0 Å². The molecular weight excluding hydrogens is 200 g/mol. The zero-order chi connectivity index (χ0) is 11.8. The number of carbonyl (C=O) groups excluding carboxylic acids is 1. The molecule has 0 atom stereocenters. The van der Waals surface area contributed by atoms with E-state index in [0.29, 0.717) is 25.7 Å². The Labute approximate surface area is 96.3 Å². The maximum Gasteiger partial charge on any atom is 0.133 e. The predicted octanol–water partition coefficient (Wildman–Crippen LogP) is 2.63. The average molecular weight is 218 g/mol. The number of aliphatic hydroxyl groups is 1. The van der Waals surface area contributed by atoms with Crippen LogP contribution >= 0.6 is 0 Å². The summed E-state index contributed by atoms with van der Waals surface area (Å²) in [6.07, 6.45) is 2.14. The second-order valence-corrected chi connectivity index (χ2v) is 4.89. The summed E-state index contributed by atoms with van der Waals surface area (Å²) in [5, 5.41) is 10.6. The fraction of sp³-hybridized carbons (Fsp3) is 0.500. The SMILES string of the molecule is Cc1ccc(C2(O)CCC(=O)CC2)c(C)c1. The Morgan fingerprint density at radius 2 is 1.81 bits per heavy atom. The summed E-state index contributed by atoms with van der Waals surface area (Å²) in [5.41, 5.74) is 2.53.